The molecule has 7 heteroatoms. The first-order valence-corrected chi connectivity index (χ1v) is 6.54. The van der Waals surface area contributed by atoms with Crippen molar-refractivity contribution in [3.05, 3.63) is 24.3 Å². The van der Waals surface area contributed by atoms with Crippen molar-refractivity contribution in [3.63, 3.8) is 0 Å². The molecule has 0 spiro atoms. The average Bonchev–Trinajstić information content (AvgIpc) is 2.35. The molecule has 96 valence electrons. The van der Waals surface area contributed by atoms with Crippen LogP contribution in [0.25, 0.3) is 0 Å². The number of benzene rings is 1. The van der Waals surface area contributed by atoms with E-state index < -0.39 is 10.0 Å². The predicted molar refractivity (Wildman–Crippen MR) is 62.9 cm³/mol. The molecule has 0 aliphatic rings. The van der Waals surface area contributed by atoms with E-state index in [1.807, 2.05) is 0 Å². The third-order valence-corrected chi connectivity index (χ3v) is 3.58. The summed E-state index contributed by atoms with van der Waals surface area (Å²) in [6, 6.07) is 6.16. The Kier molecular flexibility index (Phi) is 5.36. The lowest BCUT2D eigenvalue weighted by Crippen LogP contribution is -2.25. The quantitative estimate of drug-likeness (QED) is 0.542. The van der Waals surface area contributed by atoms with E-state index >= 15 is 0 Å². The number of hydrogen-bond acceptors (Lipinski definition) is 5. The second-order valence-corrected chi connectivity index (χ2v) is 5.06. The summed E-state index contributed by atoms with van der Waals surface area (Å²) in [6.07, 6.45) is 0.520. The van der Waals surface area contributed by atoms with Gasteiger partial charge in [0.15, 0.2) is 0 Å². The van der Waals surface area contributed by atoms with Gasteiger partial charge in [0, 0.05) is 6.54 Å². The minimum absolute atomic E-state index is 0.201. The van der Waals surface area contributed by atoms with E-state index in [2.05, 4.69) is 9.56 Å². The van der Waals surface area contributed by atoms with Crippen LogP contribution in [0.4, 0.5) is 0 Å². The van der Waals surface area contributed by atoms with Crippen molar-refractivity contribution in [2.45, 2.75) is 11.3 Å². The maximum Gasteiger partial charge on any atom is 0.240 e. The molecule has 0 saturated heterocycles. The van der Waals surface area contributed by atoms with Crippen LogP contribution in [0.15, 0.2) is 29.2 Å². The fraction of sp³-hybridized carbons (Fsp3) is 0.400. The van der Waals surface area contributed by atoms with Gasteiger partial charge in [-0.15, -0.1) is 0 Å². The van der Waals surface area contributed by atoms with Gasteiger partial charge in [-0.1, -0.05) is 0 Å². The van der Waals surface area contributed by atoms with E-state index in [1.165, 1.54) is 19.2 Å². The molecule has 1 rings (SSSR count). The summed E-state index contributed by atoms with van der Waals surface area (Å²) in [7, 11) is -1.95. The first-order chi connectivity index (χ1) is 8.10. The molecule has 0 amide bonds. The summed E-state index contributed by atoms with van der Waals surface area (Å²) in [5.41, 5.74) is 0. The molecule has 0 bridgehead atoms. The molecule has 0 unspecified atom stereocenters. The molecule has 0 atom stereocenters. The first kappa shape index (κ1) is 13.9. The van der Waals surface area contributed by atoms with Crippen LogP contribution in [0.5, 0.6) is 5.75 Å². The van der Waals surface area contributed by atoms with E-state index in [0.717, 1.165) is 0 Å². The minimum Gasteiger partial charge on any atom is -0.497 e. The van der Waals surface area contributed by atoms with Crippen LogP contribution in [0, 0.1) is 0 Å². The lowest BCUT2D eigenvalue weighted by Gasteiger charge is -2.07. The monoisotopic (exact) mass is 260 g/mol. The van der Waals surface area contributed by atoms with Crippen LogP contribution in [0.2, 0.25) is 0 Å². The third-order valence-electron chi connectivity index (χ3n) is 2.10. The molecular weight excluding hydrogens is 244 g/mol. The van der Waals surface area contributed by atoms with Gasteiger partial charge < -0.3 is 9.57 Å². The molecular formula is C10H16N2O4S. The molecule has 0 aliphatic heterocycles. The molecule has 0 heterocycles. The van der Waals surface area contributed by atoms with Gasteiger partial charge in [-0.3, -0.25) is 0 Å². The zero-order chi connectivity index (χ0) is 12.7. The third kappa shape index (κ3) is 4.31. The molecule has 0 fully saturated rings. The van der Waals surface area contributed by atoms with Gasteiger partial charge in [0.05, 0.1) is 18.6 Å². The van der Waals surface area contributed by atoms with Crippen LogP contribution < -0.4 is 15.4 Å². The first-order valence-electron chi connectivity index (χ1n) is 5.05. The van der Waals surface area contributed by atoms with Gasteiger partial charge in [0.25, 0.3) is 0 Å². The lowest BCUT2D eigenvalue weighted by atomic mass is 10.3. The Balaban J connectivity index is 2.62. The summed E-state index contributed by atoms with van der Waals surface area (Å²) in [4.78, 5) is 4.54. The van der Waals surface area contributed by atoms with Gasteiger partial charge in [0.1, 0.15) is 5.75 Å². The number of rotatable bonds is 7. The molecule has 1 aromatic rings. The van der Waals surface area contributed by atoms with Crippen molar-refractivity contribution in [2.24, 2.45) is 5.90 Å². The Hall–Kier alpha value is -1.15. The number of ether oxygens (including phenoxy) is 1. The Morgan fingerprint density at radius 3 is 2.47 bits per heavy atom. The van der Waals surface area contributed by atoms with Gasteiger partial charge in [-0.25, -0.2) is 19.0 Å². The summed E-state index contributed by atoms with van der Waals surface area (Å²) in [5, 5.41) is 0. The molecule has 0 radical (unpaired) electrons. The second-order valence-electron chi connectivity index (χ2n) is 3.30. The molecule has 0 saturated carbocycles. The lowest BCUT2D eigenvalue weighted by molar-refractivity contribution is 0.136. The van der Waals surface area contributed by atoms with Crippen LogP contribution in [0.1, 0.15) is 6.42 Å². The topological polar surface area (TPSA) is 90.7 Å². The fourth-order valence-corrected chi connectivity index (χ4v) is 2.27. The number of hydrogen-bond donors (Lipinski definition) is 2. The van der Waals surface area contributed by atoms with Gasteiger partial charge in [0.2, 0.25) is 10.0 Å². The summed E-state index contributed by atoms with van der Waals surface area (Å²) < 4.78 is 30.9. The second kappa shape index (κ2) is 6.55. The van der Waals surface area contributed by atoms with E-state index in [9.17, 15) is 8.42 Å². The molecule has 3 N–H and O–H groups in total. The van der Waals surface area contributed by atoms with Crippen LogP contribution in [-0.2, 0) is 14.9 Å². The molecule has 0 aromatic heterocycles. The number of methoxy groups -OCH3 is 1. The van der Waals surface area contributed by atoms with Crippen molar-refractivity contribution < 1.29 is 18.0 Å². The van der Waals surface area contributed by atoms with E-state index in [0.29, 0.717) is 18.8 Å². The van der Waals surface area contributed by atoms with Crippen molar-refractivity contribution in [2.75, 3.05) is 20.3 Å². The van der Waals surface area contributed by atoms with E-state index in [4.69, 9.17) is 10.6 Å². The normalized spacial score (nSPS) is 11.4. The summed E-state index contributed by atoms with van der Waals surface area (Å²) in [5.74, 6) is 5.44. The van der Waals surface area contributed by atoms with Gasteiger partial charge >= 0.3 is 0 Å². The van der Waals surface area contributed by atoms with Crippen LogP contribution >= 0.6 is 0 Å². The van der Waals surface area contributed by atoms with Gasteiger partial charge in [-0.2, -0.15) is 0 Å². The highest BCUT2D eigenvalue weighted by atomic mass is 32.2. The van der Waals surface area contributed by atoms with Crippen molar-refractivity contribution in [3.8, 4) is 5.75 Å². The maximum absolute atomic E-state index is 11.8. The SMILES string of the molecule is COc1ccc(S(=O)(=O)NCCCON)cc1. The number of nitrogens with two attached hydrogens (primary N) is 1. The predicted octanol–water partition coefficient (Wildman–Crippen LogP) is 0.254. The smallest absolute Gasteiger partial charge is 0.240 e. The molecule has 6 nitrogen and oxygen atoms in total. The molecule has 17 heavy (non-hydrogen) atoms. The maximum atomic E-state index is 11.8. The standard InChI is InChI=1S/C10H16N2O4S/c1-15-9-3-5-10(6-4-9)17(13,14)12-7-2-8-16-11/h3-6,12H,2,7-8,11H2,1H3. The highest BCUT2D eigenvalue weighted by molar-refractivity contribution is 7.89. The molecule has 0 aliphatic carbocycles. The van der Waals surface area contributed by atoms with Gasteiger partial charge in [-0.05, 0) is 30.7 Å². The van der Waals surface area contributed by atoms with Crippen molar-refractivity contribution >= 4 is 10.0 Å². The summed E-state index contributed by atoms with van der Waals surface area (Å²) >= 11 is 0. The summed E-state index contributed by atoms with van der Waals surface area (Å²) in [6.45, 7) is 0.594. The van der Waals surface area contributed by atoms with Crippen molar-refractivity contribution in [1.82, 2.24) is 4.72 Å². The number of sulfonamides is 1. The highest BCUT2D eigenvalue weighted by Gasteiger charge is 2.12. The Morgan fingerprint density at radius 1 is 1.29 bits per heavy atom. The Labute approximate surface area is 101 Å². The largest absolute Gasteiger partial charge is 0.497 e. The zero-order valence-electron chi connectivity index (χ0n) is 9.55. The van der Waals surface area contributed by atoms with E-state index in [-0.39, 0.29) is 11.4 Å². The highest BCUT2D eigenvalue weighted by Crippen LogP contribution is 2.14. The Morgan fingerprint density at radius 2 is 1.94 bits per heavy atom. The van der Waals surface area contributed by atoms with Crippen LogP contribution in [0.3, 0.4) is 0 Å². The average molecular weight is 260 g/mol. The van der Waals surface area contributed by atoms with E-state index in [1.54, 1.807) is 12.1 Å². The fourth-order valence-electron chi connectivity index (χ4n) is 1.20. The van der Waals surface area contributed by atoms with Crippen LogP contribution in [-0.4, -0.2) is 28.7 Å². The Bertz CT molecular complexity index is 430. The number of nitrogens with one attached hydrogen (secondary N) is 1. The van der Waals surface area contributed by atoms with Crippen molar-refractivity contribution in [1.29, 1.82) is 0 Å². The zero-order valence-corrected chi connectivity index (χ0v) is 10.4. The minimum atomic E-state index is -3.47. The molecule has 1 aromatic carbocycles.